The van der Waals surface area contributed by atoms with Crippen LogP contribution < -0.4 is 0 Å². The largest absolute Gasteiger partial charge is 0.416 e. The van der Waals surface area contributed by atoms with Gasteiger partial charge in [0.05, 0.1) is 12.2 Å². The van der Waals surface area contributed by atoms with Gasteiger partial charge in [-0.15, -0.1) is 0 Å². The smallest absolute Gasteiger partial charge is 0.354 e. The maximum absolute atomic E-state index is 15.0. The Kier molecular flexibility index (Phi) is 3.18. The predicted molar refractivity (Wildman–Crippen MR) is 82.6 cm³/mol. The summed E-state index contributed by atoms with van der Waals surface area (Å²) in [4.78, 5) is 0. The SMILES string of the molecule is FC1=Cc2cc(C(F)(F)F)ccc2C2=CCOC12c1ccccc1. The van der Waals surface area contributed by atoms with E-state index < -0.39 is 23.2 Å². The Labute approximate surface area is 135 Å². The fourth-order valence-electron chi connectivity index (χ4n) is 3.36. The number of benzene rings is 2. The Morgan fingerprint density at radius 2 is 1.75 bits per heavy atom. The molecule has 2 aromatic rings. The fraction of sp³-hybridized carbons (Fsp3) is 0.158. The van der Waals surface area contributed by atoms with Crippen LogP contribution in [0, 0.1) is 0 Å². The Balaban J connectivity index is 1.92. The van der Waals surface area contributed by atoms with Gasteiger partial charge in [-0.05, 0) is 34.9 Å². The van der Waals surface area contributed by atoms with Crippen LogP contribution in [0.25, 0.3) is 11.6 Å². The van der Waals surface area contributed by atoms with Crippen molar-refractivity contribution in [3.05, 3.63) is 82.7 Å². The van der Waals surface area contributed by atoms with Gasteiger partial charge in [-0.25, -0.2) is 4.39 Å². The van der Waals surface area contributed by atoms with E-state index in [4.69, 9.17) is 4.74 Å². The van der Waals surface area contributed by atoms with Crippen molar-refractivity contribution in [2.75, 3.05) is 6.61 Å². The first-order chi connectivity index (χ1) is 11.4. The highest BCUT2D eigenvalue weighted by Gasteiger charge is 2.48. The predicted octanol–water partition coefficient (Wildman–Crippen LogP) is 5.34. The minimum Gasteiger partial charge on any atom is -0.354 e. The average molecular weight is 332 g/mol. The van der Waals surface area contributed by atoms with E-state index in [1.54, 1.807) is 30.3 Å². The molecule has 0 fully saturated rings. The zero-order chi connectivity index (χ0) is 16.9. The second-order valence-electron chi connectivity index (χ2n) is 5.77. The van der Waals surface area contributed by atoms with Gasteiger partial charge >= 0.3 is 6.18 Å². The van der Waals surface area contributed by atoms with Crippen molar-refractivity contribution >= 4 is 11.6 Å². The van der Waals surface area contributed by atoms with Crippen LogP contribution in [0.2, 0.25) is 0 Å². The van der Waals surface area contributed by atoms with Gasteiger partial charge in [0.1, 0.15) is 5.83 Å². The molecule has 2 aliphatic rings. The van der Waals surface area contributed by atoms with Gasteiger partial charge < -0.3 is 4.74 Å². The molecule has 1 unspecified atom stereocenters. The summed E-state index contributed by atoms with van der Waals surface area (Å²) in [6, 6.07) is 12.3. The molecule has 1 heterocycles. The van der Waals surface area contributed by atoms with E-state index in [0.717, 1.165) is 18.2 Å². The van der Waals surface area contributed by atoms with E-state index >= 15 is 4.39 Å². The topological polar surface area (TPSA) is 9.23 Å². The third-order valence-electron chi connectivity index (χ3n) is 4.43. The first-order valence-electron chi connectivity index (χ1n) is 7.42. The van der Waals surface area contributed by atoms with Gasteiger partial charge in [-0.3, -0.25) is 0 Å². The van der Waals surface area contributed by atoms with Crippen LogP contribution in [-0.4, -0.2) is 6.61 Å². The molecule has 122 valence electrons. The molecule has 1 atom stereocenters. The molecule has 0 saturated heterocycles. The number of alkyl halides is 3. The number of halogens is 4. The third kappa shape index (κ3) is 2.04. The summed E-state index contributed by atoms with van der Waals surface area (Å²) in [5, 5.41) is 0. The molecule has 0 spiro atoms. The molecule has 4 rings (SSSR count). The zero-order valence-corrected chi connectivity index (χ0v) is 12.4. The van der Waals surface area contributed by atoms with Crippen LogP contribution in [0.3, 0.4) is 0 Å². The quantitative estimate of drug-likeness (QED) is 0.641. The van der Waals surface area contributed by atoms with Crippen molar-refractivity contribution in [3.63, 3.8) is 0 Å². The molecule has 24 heavy (non-hydrogen) atoms. The molecular formula is C19H12F4O. The number of rotatable bonds is 1. The van der Waals surface area contributed by atoms with Gasteiger partial charge in [0.2, 0.25) is 0 Å². The standard InChI is InChI=1S/C19H12F4O/c20-17-11-12-10-14(19(21,22)23)6-7-15(12)16-8-9-24-18(16,17)13-4-2-1-3-5-13/h1-8,10-11H,9H2. The Morgan fingerprint density at radius 3 is 2.46 bits per heavy atom. The molecule has 0 amide bonds. The minimum atomic E-state index is -4.46. The minimum absolute atomic E-state index is 0.200. The number of hydrogen-bond acceptors (Lipinski definition) is 1. The lowest BCUT2D eigenvalue weighted by Crippen LogP contribution is -2.31. The van der Waals surface area contributed by atoms with Crippen molar-refractivity contribution in [1.29, 1.82) is 0 Å². The van der Waals surface area contributed by atoms with Crippen molar-refractivity contribution in [2.24, 2.45) is 0 Å². The molecule has 0 radical (unpaired) electrons. The summed E-state index contributed by atoms with van der Waals surface area (Å²) in [5.74, 6) is -0.607. The third-order valence-corrected chi connectivity index (χ3v) is 4.43. The molecule has 0 saturated carbocycles. The number of hydrogen-bond donors (Lipinski definition) is 0. The molecule has 1 aliphatic carbocycles. The summed E-state index contributed by atoms with van der Waals surface area (Å²) in [6.45, 7) is 0.200. The Hall–Kier alpha value is -2.40. The van der Waals surface area contributed by atoms with Gasteiger partial charge in [-0.2, -0.15) is 13.2 Å². The van der Waals surface area contributed by atoms with E-state index in [2.05, 4.69) is 0 Å². The van der Waals surface area contributed by atoms with E-state index in [0.29, 0.717) is 16.7 Å². The molecule has 5 heteroatoms. The average Bonchev–Trinajstić information content (AvgIpc) is 3.01. The molecule has 0 aromatic heterocycles. The van der Waals surface area contributed by atoms with Crippen LogP contribution in [0.4, 0.5) is 17.6 Å². The summed E-state index contributed by atoms with van der Waals surface area (Å²) >= 11 is 0. The second kappa shape index (κ2) is 5.05. The molecule has 0 N–H and O–H groups in total. The lowest BCUT2D eigenvalue weighted by Gasteiger charge is -2.35. The van der Waals surface area contributed by atoms with Crippen molar-refractivity contribution in [1.82, 2.24) is 0 Å². The Morgan fingerprint density at radius 1 is 1.00 bits per heavy atom. The van der Waals surface area contributed by atoms with E-state index in [1.165, 1.54) is 6.07 Å². The Bertz CT molecular complexity index is 865. The van der Waals surface area contributed by atoms with Crippen LogP contribution >= 0.6 is 0 Å². The maximum Gasteiger partial charge on any atom is 0.416 e. The van der Waals surface area contributed by atoms with Crippen molar-refractivity contribution < 1.29 is 22.3 Å². The van der Waals surface area contributed by atoms with E-state index in [1.807, 2.05) is 6.07 Å². The van der Waals surface area contributed by atoms with Crippen molar-refractivity contribution in [2.45, 2.75) is 11.8 Å². The molecule has 2 aromatic carbocycles. The highest BCUT2D eigenvalue weighted by Crippen LogP contribution is 2.53. The van der Waals surface area contributed by atoms with Gasteiger partial charge in [0.15, 0.2) is 5.60 Å². The first-order valence-corrected chi connectivity index (χ1v) is 7.42. The molecule has 1 nitrogen and oxygen atoms in total. The van der Waals surface area contributed by atoms with Crippen LogP contribution in [-0.2, 0) is 16.5 Å². The second-order valence-corrected chi connectivity index (χ2v) is 5.77. The first kappa shape index (κ1) is 15.1. The van der Waals surface area contributed by atoms with Crippen LogP contribution in [0.15, 0.2) is 60.4 Å². The maximum atomic E-state index is 15.0. The van der Waals surface area contributed by atoms with Crippen LogP contribution in [0.1, 0.15) is 22.3 Å². The normalized spacial score (nSPS) is 22.5. The highest BCUT2D eigenvalue weighted by atomic mass is 19.4. The lowest BCUT2D eigenvalue weighted by atomic mass is 9.76. The zero-order valence-electron chi connectivity index (χ0n) is 12.4. The van der Waals surface area contributed by atoms with E-state index in [-0.39, 0.29) is 12.2 Å². The monoisotopic (exact) mass is 332 g/mol. The van der Waals surface area contributed by atoms with Crippen molar-refractivity contribution in [3.8, 4) is 0 Å². The summed E-state index contributed by atoms with van der Waals surface area (Å²) in [7, 11) is 0. The lowest BCUT2D eigenvalue weighted by molar-refractivity contribution is -0.137. The molecule has 1 aliphatic heterocycles. The van der Waals surface area contributed by atoms with Gasteiger partial charge in [-0.1, -0.05) is 42.5 Å². The van der Waals surface area contributed by atoms with E-state index in [9.17, 15) is 13.2 Å². The summed E-state index contributed by atoms with van der Waals surface area (Å²) < 4.78 is 59.5. The van der Waals surface area contributed by atoms with Gasteiger partial charge in [0.25, 0.3) is 0 Å². The number of fused-ring (bicyclic) bond motifs is 3. The van der Waals surface area contributed by atoms with Gasteiger partial charge in [0, 0.05) is 5.57 Å². The fourth-order valence-corrected chi connectivity index (χ4v) is 3.36. The molecule has 0 bridgehead atoms. The number of ether oxygens (including phenoxy) is 1. The highest BCUT2D eigenvalue weighted by molar-refractivity contribution is 5.88. The summed E-state index contributed by atoms with van der Waals surface area (Å²) in [5.41, 5.74) is -0.215. The summed E-state index contributed by atoms with van der Waals surface area (Å²) in [6.07, 6.45) is -1.60. The van der Waals surface area contributed by atoms with Crippen LogP contribution in [0.5, 0.6) is 0 Å². The molecular weight excluding hydrogens is 320 g/mol.